The van der Waals surface area contributed by atoms with E-state index in [2.05, 4.69) is 4.98 Å². The molecule has 2 unspecified atom stereocenters. The fourth-order valence-corrected chi connectivity index (χ4v) is 1.70. The molecule has 0 saturated heterocycles. The van der Waals surface area contributed by atoms with Crippen LogP contribution < -0.4 is 0 Å². The van der Waals surface area contributed by atoms with Crippen LogP contribution in [-0.2, 0) is 10.4 Å². The third-order valence-electron chi connectivity index (χ3n) is 2.65. The zero-order valence-electron chi connectivity index (χ0n) is 8.84. The summed E-state index contributed by atoms with van der Waals surface area (Å²) in [4.78, 5) is 14.8. The molecule has 1 heterocycles. The molecule has 4 heteroatoms. The second-order valence-electron chi connectivity index (χ2n) is 3.68. The third-order valence-corrected chi connectivity index (χ3v) is 2.65. The molecule has 0 amide bonds. The van der Waals surface area contributed by atoms with E-state index in [1.165, 1.54) is 6.92 Å². The minimum Gasteiger partial charge on any atom is -0.481 e. The Morgan fingerprint density at radius 3 is 2.47 bits per heavy atom. The Kier molecular flexibility index (Phi) is 3.42. The number of aromatic nitrogens is 1. The Bertz CT molecular complexity index is 335. The number of aliphatic carboxylic acids is 1. The summed E-state index contributed by atoms with van der Waals surface area (Å²) >= 11 is 0. The number of pyridine rings is 1. The molecular formula is C11H15NO3. The fourth-order valence-electron chi connectivity index (χ4n) is 1.70. The first-order chi connectivity index (χ1) is 7.00. The van der Waals surface area contributed by atoms with Gasteiger partial charge < -0.3 is 10.2 Å². The van der Waals surface area contributed by atoms with Gasteiger partial charge in [0.1, 0.15) is 5.60 Å². The molecule has 0 aliphatic carbocycles. The molecule has 4 nitrogen and oxygen atoms in total. The van der Waals surface area contributed by atoms with Crippen LogP contribution in [0.3, 0.4) is 0 Å². The Morgan fingerprint density at radius 1 is 1.53 bits per heavy atom. The summed E-state index contributed by atoms with van der Waals surface area (Å²) in [5, 5.41) is 19.2. The van der Waals surface area contributed by atoms with E-state index < -0.39 is 17.5 Å². The zero-order chi connectivity index (χ0) is 11.5. The predicted octanol–water partition coefficient (Wildman–Crippen LogP) is 1.40. The topological polar surface area (TPSA) is 70.4 Å². The minimum absolute atomic E-state index is 0.380. The van der Waals surface area contributed by atoms with Crippen molar-refractivity contribution >= 4 is 5.97 Å². The van der Waals surface area contributed by atoms with Crippen molar-refractivity contribution in [3.8, 4) is 0 Å². The van der Waals surface area contributed by atoms with Crippen LogP contribution in [0.2, 0.25) is 0 Å². The molecule has 0 bridgehead atoms. The second kappa shape index (κ2) is 4.40. The quantitative estimate of drug-likeness (QED) is 0.786. The summed E-state index contributed by atoms with van der Waals surface area (Å²) in [6, 6.07) is 3.26. The molecule has 0 aromatic carbocycles. The van der Waals surface area contributed by atoms with Gasteiger partial charge in [0.05, 0.1) is 5.92 Å². The molecule has 0 fully saturated rings. The van der Waals surface area contributed by atoms with Crippen LogP contribution in [0.25, 0.3) is 0 Å². The Morgan fingerprint density at radius 2 is 2.07 bits per heavy atom. The van der Waals surface area contributed by atoms with Crippen LogP contribution in [-0.4, -0.2) is 21.2 Å². The summed E-state index contributed by atoms with van der Waals surface area (Å²) < 4.78 is 0. The first kappa shape index (κ1) is 11.7. The molecule has 0 spiro atoms. The van der Waals surface area contributed by atoms with E-state index in [9.17, 15) is 9.90 Å². The van der Waals surface area contributed by atoms with Crippen molar-refractivity contribution < 1.29 is 15.0 Å². The fraction of sp³-hybridized carbons (Fsp3) is 0.455. The first-order valence-corrected chi connectivity index (χ1v) is 4.85. The number of rotatable bonds is 4. The molecule has 0 aliphatic rings. The predicted molar refractivity (Wildman–Crippen MR) is 55.2 cm³/mol. The van der Waals surface area contributed by atoms with E-state index in [-0.39, 0.29) is 0 Å². The number of carboxylic acids is 1. The van der Waals surface area contributed by atoms with Crippen LogP contribution in [0.5, 0.6) is 0 Å². The standard InChI is InChI=1S/C11H15NO3/c1-3-9(10(13)14)11(2,15)8-4-6-12-7-5-8/h4-7,9,15H,3H2,1-2H3,(H,13,14). The molecule has 2 atom stereocenters. The van der Waals surface area contributed by atoms with Crippen molar-refractivity contribution in [2.24, 2.45) is 5.92 Å². The van der Waals surface area contributed by atoms with Gasteiger partial charge in [0.25, 0.3) is 0 Å². The first-order valence-electron chi connectivity index (χ1n) is 4.85. The third kappa shape index (κ3) is 2.33. The van der Waals surface area contributed by atoms with Gasteiger partial charge >= 0.3 is 5.97 Å². The molecular weight excluding hydrogens is 194 g/mol. The number of carboxylic acid groups (broad SMARTS) is 1. The van der Waals surface area contributed by atoms with E-state index in [4.69, 9.17) is 5.11 Å². The Hall–Kier alpha value is -1.42. The van der Waals surface area contributed by atoms with Crippen LogP contribution >= 0.6 is 0 Å². The summed E-state index contributed by atoms with van der Waals surface area (Å²) in [6.45, 7) is 3.26. The summed E-state index contributed by atoms with van der Waals surface area (Å²) in [6.07, 6.45) is 3.46. The number of hydrogen-bond acceptors (Lipinski definition) is 3. The number of nitrogens with zero attached hydrogens (tertiary/aromatic N) is 1. The van der Waals surface area contributed by atoms with Gasteiger partial charge in [-0.25, -0.2) is 0 Å². The van der Waals surface area contributed by atoms with Gasteiger partial charge in [0.2, 0.25) is 0 Å². The van der Waals surface area contributed by atoms with E-state index >= 15 is 0 Å². The minimum atomic E-state index is -1.36. The zero-order valence-corrected chi connectivity index (χ0v) is 8.84. The SMILES string of the molecule is CCC(C(=O)O)C(C)(O)c1ccncc1. The van der Waals surface area contributed by atoms with Gasteiger partial charge in [-0.1, -0.05) is 6.92 Å². The van der Waals surface area contributed by atoms with E-state index in [1.54, 1.807) is 31.5 Å². The highest BCUT2D eigenvalue weighted by molar-refractivity contribution is 5.71. The summed E-state index contributed by atoms with van der Waals surface area (Å²) in [5.41, 5.74) is -0.782. The molecule has 0 saturated carbocycles. The normalized spacial score (nSPS) is 16.7. The van der Waals surface area contributed by atoms with Crippen LogP contribution in [0.15, 0.2) is 24.5 Å². The number of aliphatic hydroxyl groups is 1. The Labute approximate surface area is 88.6 Å². The van der Waals surface area contributed by atoms with E-state index in [0.29, 0.717) is 12.0 Å². The van der Waals surface area contributed by atoms with Gasteiger partial charge in [0.15, 0.2) is 0 Å². The maximum Gasteiger partial charge on any atom is 0.309 e. The summed E-state index contributed by atoms with van der Waals surface area (Å²) in [7, 11) is 0. The van der Waals surface area contributed by atoms with Crippen LogP contribution in [0, 0.1) is 5.92 Å². The molecule has 2 N–H and O–H groups in total. The number of hydrogen-bond donors (Lipinski definition) is 2. The van der Waals surface area contributed by atoms with Crippen molar-refractivity contribution in [1.29, 1.82) is 0 Å². The highest BCUT2D eigenvalue weighted by atomic mass is 16.4. The van der Waals surface area contributed by atoms with Gasteiger partial charge in [-0.05, 0) is 31.0 Å². The van der Waals surface area contributed by atoms with E-state index in [1.807, 2.05) is 0 Å². The lowest BCUT2D eigenvalue weighted by atomic mass is 9.82. The molecule has 0 aliphatic heterocycles. The molecule has 82 valence electrons. The lowest BCUT2D eigenvalue weighted by Crippen LogP contribution is -2.36. The van der Waals surface area contributed by atoms with Crippen LogP contribution in [0.4, 0.5) is 0 Å². The van der Waals surface area contributed by atoms with Crippen molar-refractivity contribution in [2.75, 3.05) is 0 Å². The maximum absolute atomic E-state index is 11.0. The van der Waals surface area contributed by atoms with Crippen molar-refractivity contribution in [3.63, 3.8) is 0 Å². The second-order valence-corrected chi connectivity index (χ2v) is 3.68. The molecule has 1 aromatic heterocycles. The van der Waals surface area contributed by atoms with Crippen molar-refractivity contribution in [2.45, 2.75) is 25.9 Å². The Balaban J connectivity index is 3.05. The van der Waals surface area contributed by atoms with Gasteiger partial charge in [-0.15, -0.1) is 0 Å². The van der Waals surface area contributed by atoms with Crippen LogP contribution in [0.1, 0.15) is 25.8 Å². The van der Waals surface area contributed by atoms with Crippen molar-refractivity contribution in [1.82, 2.24) is 4.98 Å². The van der Waals surface area contributed by atoms with E-state index in [0.717, 1.165) is 0 Å². The highest BCUT2D eigenvalue weighted by Crippen LogP contribution is 2.31. The molecule has 15 heavy (non-hydrogen) atoms. The molecule has 1 rings (SSSR count). The monoisotopic (exact) mass is 209 g/mol. The largest absolute Gasteiger partial charge is 0.481 e. The lowest BCUT2D eigenvalue weighted by molar-refractivity contribution is -0.152. The van der Waals surface area contributed by atoms with Gasteiger partial charge in [-0.2, -0.15) is 0 Å². The smallest absolute Gasteiger partial charge is 0.309 e. The average Bonchev–Trinajstić information content (AvgIpc) is 2.19. The average molecular weight is 209 g/mol. The van der Waals surface area contributed by atoms with Crippen molar-refractivity contribution in [3.05, 3.63) is 30.1 Å². The van der Waals surface area contributed by atoms with Gasteiger partial charge in [-0.3, -0.25) is 9.78 Å². The lowest BCUT2D eigenvalue weighted by Gasteiger charge is -2.29. The molecule has 1 aromatic rings. The summed E-state index contributed by atoms with van der Waals surface area (Å²) in [5.74, 6) is -1.79. The number of carbonyl (C=O) groups is 1. The highest BCUT2D eigenvalue weighted by Gasteiger charge is 2.37. The van der Waals surface area contributed by atoms with Gasteiger partial charge in [0, 0.05) is 12.4 Å². The molecule has 0 radical (unpaired) electrons. The maximum atomic E-state index is 11.0.